The average Bonchev–Trinajstić information content (AvgIpc) is 3.31. The Morgan fingerprint density at radius 2 is 1.82 bits per heavy atom. The number of likely N-dealkylation sites (tertiary alicyclic amines) is 1. The second-order valence-electron chi connectivity index (χ2n) is 10.6. The fraction of sp³-hybridized carbons (Fsp3) is 0.433. The first kappa shape index (κ1) is 25.9. The average molecular weight is 519 g/mol. The van der Waals surface area contributed by atoms with Gasteiger partial charge in [0, 0.05) is 20.1 Å². The molecule has 0 saturated carbocycles. The van der Waals surface area contributed by atoms with Gasteiger partial charge in [0.25, 0.3) is 5.91 Å². The first-order valence-corrected chi connectivity index (χ1v) is 13.5. The summed E-state index contributed by atoms with van der Waals surface area (Å²) >= 11 is 0. The number of ether oxygens (including phenoxy) is 1. The molecule has 0 aliphatic carbocycles. The number of aromatic nitrogens is 2. The van der Waals surface area contributed by atoms with E-state index in [4.69, 9.17) is 4.74 Å². The van der Waals surface area contributed by atoms with E-state index in [0.29, 0.717) is 38.2 Å². The number of para-hydroxylation sites is 1. The van der Waals surface area contributed by atoms with Crippen molar-refractivity contribution in [3.8, 4) is 17.0 Å². The molecule has 2 amide bonds. The lowest BCUT2D eigenvalue weighted by Crippen LogP contribution is -2.52. The molecule has 3 heterocycles. The van der Waals surface area contributed by atoms with Crippen molar-refractivity contribution < 1.29 is 18.7 Å². The number of nitrogens with one attached hydrogen (secondary N) is 1. The highest BCUT2D eigenvalue weighted by molar-refractivity contribution is 5.94. The molecule has 1 aromatic heterocycles. The quantitative estimate of drug-likeness (QED) is 0.531. The van der Waals surface area contributed by atoms with Crippen molar-refractivity contribution in [1.29, 1.82) is 0 Å². The van der Waals surface area contributed by atoms with E-state index in [2.05, 4.69) is 16.5 Å². The second-order valence-corrected chi connectivity index (χ2v) is 10.6. The molecule has 200 valence electrons. The molecule has 3 aromatic rings. The maximum Gasteiger partial charge on any atom is 0.274 e. The van der Waals surface area contributed by atoms with Crippen LogP contribution in [-0.4, -0.2) is 52.2 Å². The molecule has 38 heavy (non-hydrogen) atoms. The zero-order valence-corrected chi connectivity index (χ0v) is 22.1. The topological polar surface area (TPSA) is 76.5 Å². The van der Waals surface area contributed by atoms with Crippen LogP contribution in [0.1, 0.15) is 55.1 Å². The lowest BCUT2D eigenvalue weighted by atomic mass is 9.73. The van der Waals surface area contributed by atoms with Crippen molar-refractivity contribution in [2.24, 2.45) is 12.5 Å². The summed E-state index contributed by atoms with van der Waals surface area (Å²) in [5.41, 5.74) is 2.61. The van der Waals surface area contributed by atoms with Gasteiger partial charge in [0.15, 0.2) is 5.69 Å². The Morgan fingerprint density at radius 3 is 2.58 bits per heavy atom. The summed E-state index contributed by atoms with van der Waals surface area (Å²) in [7, 11) is 1.78. The van der Waals surface area contributed by atoms with Crippen LogP contribution in [0.3, 0.4) is 0 Å². The third kappa shape index (κ3) is 5.44. The number of amides is 2. The molecule has 8 heteroatoms. The van der Waals surface area contributed by atoms with Gasteiger partial charge >= 0.3 is 0 Å². The Labute approximate surface area is 223 Å². The van der Waals surface area contributed by atoms with Crippen LogP contribution in [0, 0.1) is 11.2 Å². The largest absolute Gasteiger partial charge is 0.491 e. The molecule has 5 rings (SSSR count). The minimum Gasteiger partial charge on any atom is -0.491 e. The molecule has 1 N–H and O–H groups in total. The number of piperidine rings is 1. The molecule has 1 atom stereocenters. The maximum atomic E-state index is 13.5. The summed E-state index contributed by atoms with van der Waals surface area (Å²) in [6.07, 6.45) is 4.87. The third-order valence-corrected chi connectivity index (χ3v) is 7.92. The zero-order valence-electron chi connectivity index (χ0n) is 22.1. The van der Waals surface area contributed by atoms with Crippen LogP contribution < -0.4 is 10.1 Å². The molecule has 2 aromatic carbocycles. The van der Waals surface area contributed by atoms with Gasteiger partial charge in [-0.15, -0.1) is 0 Å². The molecular formula is C30H35FN4O3. The van der Waals surface area contributed by atoms with Gasteiger partial charge in [0.1, 0.15) is 18.2 Å². The van der Waals surface area contributed by atoms with Gasteiger partial charge in [0.05, 0.1) is 17.2 Å². The van der Waals surface area contributed by atoms with E-state index in [9.17, 15) is 14.0 Å². The van der Waals surface area contributed by atoms with Crippen molar-refractivity contribution in [2.45, 2.75) is 51.5 Å². The fourth-order valence-corrected chi connectivity index (χ4v) is 5.62. The van der Waals surface area contributed by atoms with E-state index in [1.165, 1.54) is 17.7 Å². The van der Waals surface area contributed by atoms with Gasteiger partial charge in [-0.1, -0.05) is 24.6 Å². The van der Waals surface area contributed by atoms with Crippen LogP contribution in [-0.2, 0) is 18.3 Å². The van der Waals surface area contributed by atoms with Crippen molar-refractivity contribution in [3.63, 3.8) is 0 Å². The Kier molecular flexibility index (Phi) is 7.49. The summed E-state index contributed by atoms with van der Waals surface area (Å²) in [5, 5.41) is 7.63. The summed E-state index contributed by atoms with van der Waals surface area (Å²) in [5.74, 6) is 0.506. The van der Waals surface area contributed by atoms with Gasteiger partial charge in [0.2, 0.25) is 5.91 Å². The zero-order chi connectivity index (χ0) is 26.7. The monoisotopic (exact) mass is 518 g/mol. The first-order valence-electron chi connectivity index (χ1n) is 13.5. The van der Waals surface area contributed by atoms with Crippen LogP contribution in [0.2, 0.25) is 0 Å². The number of hydrogen-bond donors (Lipinski definition) is 1. The van der Waals surface area contributed by atoms with Crippen LogP contribution in [0.4, 0.5) is 4.39 Å². The number of halogens is 1. The number of carbonyl (C=O) groups is 2. The standard InChI is InChI=1S/C30H35FN4O3/c1-21-20-38-27-9-4-3-7-23(27)8-5-6-14-30(29(37)32-21)15-17-35(18-16-30)28(36)25-19-26(34(2)33-25)22-10-12-24(31)13-11-22/h3-4,7,9-13,19,21H,5-6,8,14-18,20H2,1-2H3,(H,32,37)/t21-/m0/s1. The normalized spacial score (nSPS) is 20.0. The lowest BCUT2D eigenvalue weighted by Gasteiger charge is -2.41. The molecule has 0 bridgehead atoms. The third-order valence-electron chi connectivity index (χ3n) is 7.92. The molecule has 2 aliphatic heterocycles. The molecular weight excluding hydrogens is 483 g/mol. The predicted octanol–water partition coefficient (Wildman–Crippen LogP) is 4.76. The number of rotatable bonds is 2. The van der Waals surface area contributed by atoms with Crippen LogP contribution in [0.25, 0.3) is 11.3 Å². The second kappa shape index (κ2) is 11.0. The van der Waals surface area contributed by atoms with Crippen molar-refractivity contribution >= 4 is 11.8 Å². The number of fused-ring (bicyclic) bond motifs is 1. The van der Waals surface area contributed by atoms with Gasteiger partial charge in [-0.2, -0.15) is 5.10 Å². The number of aryl methyl sites for hydroxylation is 2. The number of hydrogen-bond acceptors (Lipinski definition) is 4. The Bertz CT molecular complexity index is 1300. The van der Waals surface area contributed by atoms with E-state index in [-0.39, 0.29) is 23.7 Å². The lowest BCUT2D eigenvalue weighted by molar-refractivity contribution is -0.135. The van der Waals surface area contributed by atoms with Crippen molar-refractivity contribution in [2.75, 3.05) is 19.7 Å². The molecule has 7 nitrogen and oxygen atoms in total. The van der Waals surface area contributed by atoms with Gasteiger partial charge in [-0.3, -0.25) is 14.3 Å². The summed E-state index contributed by atoms with van der Waals surface area (Å²) in [4.78, 5) is 28.7. The van der Waals surface area contributed by atoms with Crippen molar-refractivity contribution in [3.05, 3.63) is 71.7 Å². The van der Waals surface area contributed by atoms with Gasteiger partial charge < -0.3 is 15.0 Å². The molecule has 1 saturated heterocycles. The maximum absolute atomic E-state index is 13.5. The molecule has 0 unspecified atom stereocenters. The summed E-state index contributed by atoms with van der Waals surface area (Å²) in [6.45, 7) is 3.39. The molecule has 1 spiro atoms. The minimum atomic E-state index is -0.493. The smallest absolute Gasteiger partial charge is 0.274 e. The highest BCUT2D eigenvalue weighted by Gasteiger charge is 2.42. The molecule has 1 fully saturated rings. The van der Waals surface area contributed by atoms with E-state index in [0.717, 1.165) is 42.7 Å². The van der Waals surface area contributed by atoms with E-state index in [1.54, 1.807) is 34.8 Å². The van der Waals surface area contributed by atoms with Crippen LogP contribution >= 0.6 is 0 Å². The predicted molar refractivity (Wildman–Crippen MR) is 143 cm³/mol. The van der Waals surface area contributed by atoms with E-state index >= 15 is 0 Å². The van der Waals surface area contributed by atoms with E-state index < -0.39 is 5.41 Å². The molecule has 2 aliphatic rings. The first-order chi connectivity index (χ1) is 18.3. The highest BCUT2D eigenvalue weighted by atomic mass is 19.1. The van der Waals surface area contributed by atoms with Gasteiger partial charge in [-0.25, -0.2) is 4.39 Å². The molecule has 0 radical (unpaired) electrons. The van der Waals surface area contributed by atoms with Crippen molar-refractivity contribution in [1.82, 2.24) is 20.0 Å². The minimum absolute atomic E-state index is 0.0611. The highest BCUT2D eigenvalue weighted by Crippen LogP contribution is 2.38. The van der Waals surface area contributed by atoms with Crippen LogP contribution in [0.15, 0.2) is 54.6 Å². The number of carbonyl (C=O) groups excluding carboxylic acids is 2. The fourth-order valence-electron chi connectivity index (χ4n) is 5.62. The summed E-state index contributed by atoms with van der Waals surface area (Å²) in [6, 6.07) is 15.9. The Balaban J connectivity index is 1.27. The van der Waals surface area contributed by atoms with Crippen LogP contribution in [0.5, 0.6) is 5.75 Å². The summed E-state index contributed by atoms with van der Waals surface area (Å²) < 4.78 is 21.0. The van der Waals surface area contributed by atoms with E-state index in [1.807, 2.05) is 25.1 Å². The number of nitrogens with zero attached hydrogens (tertiary/aromatic N) is 3. The Hall–Kier alpha value is -3.68. The number of benzene rings is 2. The Morgan fingerprint density at radius 1 is 1.08 bits per heavy atom. The SMILES string of the molecule is C[C@H]1COc2ccccc2CCCCC2(CCN(C(=O)c3cc(-c4ccc(F)cc4)n(C)n3)CC2)C(=O)N1. The van der Waals surface area contributed by atoms with Gasteiger partial charge in [-0.05, 0) is 86.6 Å².